The summed E-state index contributed by atoms with van der Waals surface area (Å²) in [5.41, 5.74) is -3.92. The Labute approximate surface area is 108 Å². The Hall–Kier alpha value is -1.31. The minimum atomic E-state index is -4.90. The van der Waals surface area contributed by atoms with E-state index in [4.69, 9.17) is 4.74 Å². The lowest BCUT2D eigenvalue weighted by Crippen LogP contribution is -2.57. The van der Waals surface area contributed by atoms with Gasteiger partial charge < -0.3 is 9.84 Å². The Bertz CT molecular complexity index is 388. The van der Waals surface area contributed by atoms with Crippen molar-refractivity contribution in [3.05, 3.63) is 0 Å². The number of hydrogen-bond acceptors (Lipinski definition) is 4. The van der Waals surface area contributed by atoms with Crippen LogP contribution in [-0.4, -0.2) is 45.9 Å². The molecule has 0 aliphatic carbocycles. The van der Waals surface area contributed by atoms with Crippen LogP contribution in [0.2, 0.25) is 0 Å². The molecule has 1 heterocycles. The van der Waals surface area contributed by atoms with Crippen LogP contribution in [0.4, 0.5) is 18.0 Å². The Kier molecular flexibility index (Phi) is 3.86. The van der Waals surface area contributed by atoms with Crippen LogP contribution >= 0.6 is 0 Å². The molecule has 1 rings (SSSR count). The maximum absolute atomic E-state index is 12.6. The van der Waals surface area contributed by atoms with E-state index in [0.29, 0.717) is 4.90 Å². The minimum absolute atomic E-state index is 0.524. The topological polar surface area (TPSA) is 66.8 Å². The number of rotatable bonds is 0. The molecule has 110 valence electrons. The number of amides is 2. The van der Waals surface area contributed by atoms with E-state index >= 15 is 0 Å². The fourth-order valence-corrected chi connectivity index (χ4v) is 1.61. The van der Waals surface area contributed by atoms with Crippen molar-refractivity contribution in [2.45, 2.75) is 51.0 Å². The lowest BCUT2D eigenvalue weighted by atomic mass is 9.90. The van der Waals surface area contributed by atoms with E-state index < -0.39 is 48.8 Å². The molecule has 1 unspecified atom stereocenters. The zero-order valence-electron chi connectivity index (χ0n) is 10.9. The van der Waals surface area contributed by atoms with Crippen molar-refractivity contribution in [3.8, 4) is 0 Å². The summed E-state index contributed by atoms with van der Waals surface area (Å²) in [5.74, 6) is -1.10. The minimum Gasteiger partial charge on any atom is -0.443 e. The second-order valence-electron chi connectivity index (χ2n) is 5.48. The van der Waals surface area contributed by atoms with E-state index in [1.54, 1.807) is 20.8 Å². The van der Waals surface area contributed by atoms with Gasteiger partial charge in [0.25, 0.3) is 0 Å². The Balaban J connectivity index is 2.76. The van der Waals surface area contributed by atoms with Gasteiger partial charge in [0.1, 0.15) is 5.60 Å². The maximum atomic E-state index is 12.6. The van der Waals surface area contributed by atoms with E-state index in [2.05, 4.69) is 0 Å². The average molecular weight is 283 g/mol. The summed E-state index contributed by atoms with van der Waals surface area (Å²) < 4.78 is 42.6. The first kappa shape index (κ1) is 15.7. The molecule has 8 heteroatoms. The van der Waals surface area contributed by atoms with Crippen LogP contribution in [0.1, 0.15) is 33.6 Å². The standard InChI is InChI=1S/C11H16F3NO4/c1-9(2,3)19-8(17)15-5-4-10(18,6-7(15)16)11(12,13)14/h18H,4-6H2,1-3H3. The van der Waals surface area contributed by atoms with E-state index in [0.717, 1.165) is 0 Å². The smallest absolute Gasteiger partial charge is 0.417 e. The van der Waals surface area contributed by atoms with Crippen molar-refractivity contribution >= 4 is 12.0 Å². The molecular formula is C11H16F3NO4. The molecule has 1 aliphatic rings. The molecule has 19 heavy (non-hydrogen) atoms. The van der Waals surface area contributed by atoms with Crippen LogP contribution < -0.4 is 0 Å². The highest BCUT2D eigenvalue weighted by Gasteiger charge is 2.57. The molecule has 1 atom stereocenters. The highest BCUT2D eigenvalue weighted by Crippen LogP contribution is 2.38. The molecular weight excluding hydrogens is 267 g/mol. The van der Waals surface area contributed by atoms with Crippen LogP contribution in [0.5, 0.6) is 0 Å². The number of aliphatic hydroxyl groups is 1. The Morgan fingerprint density at radius 2 is 1.89 bits per heavy atom. The van der Waals surface area contributed by atoms with Crippen LogP contribution in [0, 0.1) is 0 Å². The lowest BCUT2D eigenvalue weighted by Gasteiger charge is -2.37. The summed E-state index contributed by atoms with van der Waals surface area (Å²) in [7, 11) is 0. The molecule has 0 aromatic heterocycles. The molecule has 1 saturated heterocycles. The van der Waals surface area contributed by atoms with Gasteiger partial charge >= 0.3 is 12.3 Å². The van der Waals surface area contributed by atoms with Gasteiger partial charge in [0.15, 0.2) is 5.60 Å². The monoisotopic (exact) mass is 283 g/mol. The Morgan fingerprint density at radius 3 is 2.26 bits per heavy atom. The number of ether oxygens (including phenoxy) is 1. The van der Waals surface area contributed by atoms with Gasteiger partial charge in [-0.3, -0.25) is 4.79 Å². The molecule has 0 bridgehead atoms. The number of carbonyl (C=O) groups excluding carboxylic acids is 2. The number of carbonyl (C=O) groups is 2. The van der Waals surface area contributed by atoms with Crippen molar-refractivity contribution in [2.24, 2.45) is 0 Å². The highest BCUT2D eigenvalue weighted by molar-refractivity contribution is 5.93. The van der Waals surface area contributed by atoms with E-state index in [1.807, 2.05) is 0 Å². The van der Waals surface area contributed by atoms with Gasteiger partial charge in [0, 0.05) is 13.0 Å². The second kappa shape index (κ2) is 4.66. The maximum Gasteiger partial charge on any atom is 0.417 e. The van der Waals surface area contributed by atoms with Crippen LogP contribution in [0.15, 0.2) is 0 Å². The SMILES string of the molecule is CC(C)(C)OC(=O)N1CCC(O)(C(F)(F)F)CC1=O. The predicted molar refractivity (Wildman–Crippen MR) is 58.2 cm³/mol. The van der Waals surface area contributed by atoms with Gasteiger partial charge in [-0.1, -0.05) is 0 Å². The van der Waals surface area contributed by atoms with Crippen LogP contribution in [0.25, 0.3) is 0 Å². The molecule has 0 aromatic rings. The van der Waals surface area contributed by atoms with E-state index in [1.165, 1.54) is 0 Å². The zero-order valence-corrected chi connectivity index (χ0v) is 10.9. The van der Waals surface area contributed by atoms with E-state index in [9.17, 15) is 27.9 Å². The third-order valence-electron chi connectivity index (χ3n) is 2.64. The number of nitrogens with zero attached hydrogens (tertiary/aromatic N) is 1. The van der Waals surface area contributed by atoms with Gasteiger partial charge in [0.2, 0.25) is 5.91 Å². The van der Waals surface area contributed by atoms with Gasteiger partial charge in [0.05, 0.1) is 6.42 Å². The number of likely N-dealkylation sites (tertiary alicyclic amines) is 1. The number of imide groups is 1. The third kappa shape index (κ3) is 3.59. The quantitative estimate of drug-likeness (QED) is 0.736. The van der Waals surface area contributed by atoms with Crippen molar-refractivity contribution < 1.29 is 32.6 Å². The highest BCUT2D eigenvalue weighted by atomic mass is 19.4. The Morgan fingerprint density at radius 1 is 1.37 bits per heavy atom. The van der Waals surface area contributed by atoms with Crippen molar-refractivity contribution in [1.82, 2.24) is 4.90 Å². The second-order valence-corrected chi connectivity index (χ2v) is 5.48. The molecule has 5 nitrogen and oxygen atoms in total. The number of alkyl halides is 3. The first-order valence-electron chi connectivity index (χ1n) is 5.68. The molecule has 0 aromatic carbocycles. The fourth-order valence-electron chi connectivity index (χ4n) is 1.61. The van der Waals surface area contributed by atoms with Crippen molar-refractivity contribution in [3.63, 3.8) is 0 Å². The molecule has 0 radical (unpaired) electrons. The predicted octanol–water partition coefficient (Wildman–Crippen LogP) is 1.84. The summed E-state index contributed by atoms with van der Waals surface area (Å²) in [6.45, 7) is 4.20. The molecule has 1 fully saturated rings. The summed E-state index contributed by atoms with van der Waals surface area (Å²) in [6.07, 6.45) is -7.82. The normalized spacial score (nSPS) is 25.4. The van der Waals surface area contributed by atoms with Gasteiger partial charge in [-0.2, -0.15) is 13.2 Å². The van der Waals surface area contributed by atoms with Gasteiger partial charge in [-0.15, -0.1) is 0 Å². The van der Waals surface area contributed by atoms with Crippen molar-refractivity contribution in [1.29, 1.82) is 0 Å². The first-order valence-corrected chi connectivity index (χ1v) is 5.68. The van der Waals surface area contributed by atoms with Crippen LogP contribution in [0.3, 0.4) is 0 Å². The number of halogens is 3. The third-order valence-corrected chi connectivity index (χ3v) is 2.64. The summed E-state index contributed by atoms with van der Waals surface area (Å²) in [5, 5.41) is 9.39. The summed E-state index contributed by atoms with van der Waals surface area (Å²) >= 11 is 0. The molecule has 0 saturated carbocycles. The number of hydrogen-bond donors (Lipinski definition) is 1. The van der Waals surface area contributed by atoms with Gasteiger partial charge in [-0.25, -0.2) is 9.69 Å². The van der Waals surface area contributed by atoms with Gasteiger partial charge in [-0.05, 0) is 20.8 Å². The molecule has 0 spiro atoms. The lowest BCUT2D eigenvalue weighted by molar-refractivity contribution is -0.269. The molecule has 2 amide bonds. The zero-order chi connectivity index (χ0) is 15.1. The average Bonchev–Trinajstić information content (AvgIpc) is 2.12. The fraction of sp³-hybridized carbons (Fsp3) is 0.818. The van der Waals surface area contributed by atoms with E-state index in [-0.39, 0.29) is 0 Å². The van der Waals surface area contributed by atoms with Crippen molar-refractivity contribution in [2.75, 3.05) is 6.54 Å². The largest absolute Gasteiger partial charge is 0.443 e. The molecule has 1 aliphatic heterocycles. The van der Waals surface area contributed by atoms with Crippen LogP contribution in [-0.2, 0) is 9.53 Å². The first-order chi connectivity index (χ1) is 8.36. The summed E-state index contributed by atoms with van der Waals surface area (Å²) in [4.78, 5) is 23.7. The number of piperidine rings is 1. The summed E-state index contributed by atoms with van der Waals surface area (Å²) in [6, 6.07) is 0. The molecule has 1 N–H and O–H groups in total.